The summed E-state index contributed by atoms with van der Waals surface area (Å²) in [6.45, 7) is 8.27. The summed E-state index contributed by atoms with van der Waals surface area (Å²) in [5.41, 5.74) is 1.16. The Morgan fingerprint density at radius 2 is 1.80 bits per heavy atom. The molecule has 3 heteroatoms. The number of rotatable bonds is 4. The molecule has 0 spiro atoms. The van der Waals surface area contributed by atoms with Gasteiger partial charge in [-0.05, 0) is 32.9 Å². The molecule has 0 aliphatic carbocycles. The highest BCUT2D eigenvalue weighted by Gasteiger charge is 2.07. The second-order valence-corrected chi connectivity index (χ2v) is 4.99. The first-order valence-electron chi connectivity index (χ1n) is 5.22. The largest absolute Gasteiger partial charge is 0.383 e. The summed E-state index contributed by atoms with van der Waals surface area (Å²) >= 11 is 6.01. The van der Waals surface area contributed by atoms with Crippen LogP contribution >= 0.6 is 11.6 Å². The summed E-state index contributed by atoms with van der Waals surface area (Å²) in [7, 11) is 0. The van der Waals surface area contributed by atoms with E-state index in [9.17, 15) is 0 Å². The van der Waals surface area contributed by atoms with Crippen LogP contribution in [-0.2, 0) is 0 Å². The summed E-state index contributed by atoms with van der Waals surface area (Å²) in [5.74, 6) is 0. The second kappa shape index (κ2) is 5.38. The van der Waals surface area contributed by atoms with E-state index in [2.05, 4.69) is 31.4 Å². The summed E-state index contributed by atoms with van der Waals surface area (Å²) in [5, 5.41) is 7.47. The van der Waals surface area contributed by atoms with E-state index in [4.69, 9.17) is 11.6 Å². The zero-order valence-electron chi connectivity index (χ0n) is 9.60. The highest BCUT2D eigenvalue weighted by molar-refractivity contribution is 6.33. The first kappa shape index (κ1) is 12.3. The van der Waals surface area contributed by atoms with Crippen LogP contribution in [-0.4, -0.2) is 18.6 Å². The zero-order chi connectivity index (χ0) is 11.3. The Labute approximate surface area is 97.0 Å². The van der Waals surface area contributed by atoms with Gasteiger partial charge in [0.1, 0.15) is 0 Å². The Bertz CT molecular complexity index is 305. The van der Waals surface area contributed by atoms with Crippen molar-refractivity contribution in [2.45, 2.75) is 26.3 Å². The number of nitrogens with one attached hydrogen (secondary N) is 2. The van der Waals surface area contributed by atoms with Gasteiger partial charge in [0.05, 0.1) is 10.7 Å². The van der Waals surface area contributed by atoms with E-state index < -0.39 is 0 Å². The number of anilines is 1. The molecule has 2 nitrogen and oxygen atoms in total. The molecule has 0 fully saturated rings. The van der Waals surface area contributed by atoms with Crippen molar-refractivity contribution in [2.24, 2.45) is 0 Å². The van der Waals surface area contributed by atoms with Gasteiger partial charge in [0.25, 0.3) is 0 Å². The molecule has 0 aliphatic rings. The van der Waals surface area contributed by atoms with Gasteiger partial charge in [-0.3, -0.25) is 0 Å². The standard InChI is InChI=1S/C12H19ClN2/c1-12(2,3)15-9-8-14-11-7-5-4-6-10(11)13/h4-7,14-15H,8-9H2,1-3H3. The van der Waals surface area contributed by atoms with E-state index in [-0.39, 0.29) is 5.54 Å². The average molecular weight is 227 g/mol. The molecular formula is C12H19ClN2. The Hall–Kier alpha value is -0.730. The van der Waals surface area contributed by atoms with Crippen molar-refractivity contribution in [1.29, 1.82) is 0 Å². The monoisotopic (exact) mass is 226 g/mol. The van der Waals surface area contributed by atoms with Crippen LogP contribution in [0, 0.1) is 0 Å². The van der Waals surface area contributed by atoms with Crippen LogP contribution in [0.3, 0.4) is 0 Å². The lowest BCUT2D eigenvalue weighted by Crippen LogP contribution is -2.38. The highest BCUT2D eigenvalue weighted by Crippen LogP contribution is 2.19. The smallest absolute Gasteiger partial charge is 0.0637 e. The Morgan fingerprint density at radius 1 is 1.13 bits per heavy atom. The molecule has 1 aromatic rings. The van der Waals surface area contributed by atoms with E-state index in [1.54, 1.807) is 0 Å². The second-order valence-electron chi connectivity index (χ2n) is 4.58. The van der Waals surface area contributed by atoms with Crippen LogP contribution in [0.4, 0.5) is 5.69 Å². The zero-order valence-corrected chi connectivity index (χ0v) is 10.4. The molecule has 0 aliphatic heterocycles. The first-order chi connectivity index (χ1) is 6.99. The van der Waals surface area contributed by atoms with Crippen LogP contribution in [0.2, 0.25) is 5.02 Å². The molecule has 0 radical (unpaired) electrons. The van der Waals surface area contributed by atoms with Gasteiger partial charge >= 0.3 is 0 Å². The fourth-order valence-electron chi connectivity index (χ4n) is 1.24. The van der Waals surface area contributed by atoms with Gasteiger partial charge in [-0.15, -0.1) is 0 Å². The number of halogens is 1. The van der Waals surface area contributed by atoms with Crippen molar-refractivity contribution >= 4 is 17.3 Å². The molecule has 2 N–H and O–H groups in total. The maximum absolute atomic E-state index is 6.01. The molecule has 0 atom stereocenters. The van der Waals surface area contributed by atoms with E-state index in [0.29, 0.717) is 0 Å². The van der Waals surface area contributed by atoms with Gasteiger partial charge < -0.3 is 10.6 Å². The van der Waals surface area contributed by atoms with Crippen LogP contribution < -0.4 is 10.6 Å². The van der Waals surface area contributed by atoms with Crippen LogP contribution in [0.25, 0.3) is 0 Å². The van der Waals surface area contributed by atoms with Crippen molar-refractivity contribution in [3.05, 3.63) is 29.3 Å². The third kappa shape index (κ3) is 5.05. The number of benzene rings is 1. The van der Waals surface area contributed by atoms with Gasteiger partial charge in [0.15, 0.2) is 0 Å². The summed E-state index contributed by atoms with van der Waals surface area (Å²) in [6.07, 6.45) is 0. The lowest BCUT2D eigenvalue weighted by Gasteiger charge is -2.20. The minimum Gasteiger partial charge on any atom is -0.383 e. The number of hydrogen-bond acceptors (Lipinski definition) is 2. The van der Waals surface area contributed by atoms with Crippen molar-refractivity contribution in [2.75, 3.05) is 18.4 Å². The molecule has 0 bridgehead atoms. The number of para-hydroxylation sites is 1. The van der Waals surface area contributed by atoms with Crippen LogP contribution in [0.5, 0.6) is 0 Å². The number of hydrogen-bond donors (Lipinski definition) is 2. The molecule has 0 aromatic heterocycles. The van der Waals surface area contributed by atoms with Crippen LogP contribution in [0.15, 0.2) is 24.3 Å². The van der Waals surface area contributed by atoms with Crippen molar-refractivity contribution in [3.8, 4) is 0 Å². The molecule has 84 valence electrons. The molecule has 15 heavy (non-hydrogen) atoms. The molecule has 0 saturated heterocycles. The van der Waals surface area contributed by atoms with Gasteiger partial charge in [-0.25, -0.2) is 0 Å². The Kier molecular flexibility index (Phi) is 4.43. The Balaban J connectivity index is 2.30. The predicted molar refractivity (Wildman–Crippen MR) is 67.7 cm³/mol. The van der Waals surface area contributed by atoms with Crippen molar-refractivity contribution in [3.63, 3.8) is 0 Å². The summed E-state index contributed by atoms with van der Waals surface area (Å²) in [6, 6.07) is 7.78. The first-order valence-corrected chi connectivity index (χ1v) is 5.60. The van der Waals surface area contributed by atoms with E-state index in [1.807, 2.05) is 24.3 Å². The van der Waals surface area contributed by atoms with Crippen molar-refractivity contribution < 1.29 is 0 Å². The summed E-state index contributed by atoms with van der Waals surface area (Å²) in [4.78, 5) is 0. The third-order valence-electron chi connectivity index (χ3n) is 1.97. The molecular weight excluding hydrogens is 208 g/mol. The highest BCUT2D eigenvalue weighted by atomic mass is 35.5. The molecule has 0 heterocycles. The van der Waals surface area contributed by atoms with Gasteiger partial charge in [-0.1, -0.05) is 23.7 Å². The molecule has 1 rings (SSSR count). The van der Waals surface area contributed by atoms with Crippen LogP contribution in [0.1, 0.15) is 20.8 Å². The van der Waals surface area contributed by atoms with E-state index >= 15 is 0 Å². The van der Waals surface area contributed by atoms with E-state index in [1.165, 1.54) is 0 Å². The third-order valence-corrected chi connectivity index (χ3v) is 2.30. The molecule has 0 saturated carbocycles. The van der Waals surface area contributed by atoms with Crippen molar-refractivity contribution in [1.82, 2.24) is 5.32 Å². The molecule has 0 amide bonds. The fourth-order valence-corrected chi connectivity index (χ4v) is 1.44. The maximum atomic E-state index is 6.01. The topological polar surface area (TPSA) is 24.1 Å². The predicted octanol–water partition coefficient (Wildman–Crippen LogP) is 3.14. The Morgan fingerprint density at radius 3 is 2.40 bits per heavy atom. The SMILES string of the molecule is CC(C)(C)NCCNc1ccccc1Cl. The van der Waals surface area contributed by atoms with Gasteiger partial charge in [0.2, 0.25) is 0 Å². The lowest BCUT2D eigenvalue weighted by molar-refractivity contribution is 0.435. The summed E-state index contributed by atoms with van der Waals surface area (Å²) < 4.78 is 0. The fraction of sp³-hybridized carbons (Fsp3) is 0.500. The molecule has 0 unspecified atom stereocenters. The maximum Gasteiger partial charge on any atom is 0.0637 e. The van der Waals surface area contributed by atoms with E-state index in [0.717, 1.165) is 23.8 Å². The molecule has 1 aromatic carbocycles. The van der Waals surface area contributed by atoms with Gasteiger partial charge in [0, 0.05) is 18.6 Å². The minimum atomic E-state index is 0.169. The van der Waals surface area contributed by atoms with Gasteiger partial charge in [-0.2, -0.15) is 0 Å². The minimum absolute atomic E-state index is 0.169. The normalized spacial score (nSPS) is 11.5. The average Bonchev–Trinajstić information content (AvgIpc) is 2.13. The quantitative estimate of drug-likeness (QED) is 0.771. The lowest BCUT2D eigenvalue weighted by atomic mass is 10.1.